The molecule has 0 saturated carbocycles. The van der Waals surface area contributed by atoms with E-state index in [1.165, 1.54) is 32.4 Å². The molecule has 28 heavy (non-hydrogen) atoms. The molecule has 0 aliphatic heterocycles. The van der Waals surface area contributed by atoms with Crippen molar-refractivity contribution in [1.82, 2.24) is 0 Å². The Labute approximate surface area is 162 Å². The van der Waals surface area contributed by atoms with Crippen molar-refractivity contribution in [1.29, 1.82) is 0 Å². The number of benzene rings is 2. The summed E-state index contributed by atoms with van der Waals surface area (Å²) in [6, 6.07) is 10.9. The Morgan fingerprint density at radius 2 is 1.46 bits per heavy atom. The van der Waals surface area contributed by atoms with Crippen LogP contribution < -0.4 is 14.8 Å². The molecule has 2 aromatic carbocycles. The van der Waals surface area contributed by atoms with Gasteiger partial charge in [-0.3, -0.25) is 4.79 Å². The van der Waals surface area contributed by atoms with Gasteiger partial charge in [0, 0.05) is 0 Å². The molecule has 2 aromatic rings. The smallest absolute Gasteiger partial charge is 0.339 e. The van der Waals surface area contributed by atoms with Gasteiger partial charge in [-0.2, -0.15) is 0 Å². The number of carbonyl (C=O) groups excluding carboxylic acids is 3. The van der Waals surface area contributed by atoms with E-state index in [0.29, 0.717) is 11.5 Å². The average Bonchev–Trinajstić information content (AvgIpc) is 2.72. The minimum Gasteiger partial charge on any atom is -0.497 e. The Morgan fingerprint density at radius 1 is 0.857 bits per heavy atom. The monoisotopic (exact) mass is 387 g/mol. The number of hydrogen-bond acceptors (Lipinski definition) is 7. The van der Waals surface area contributed by atoms with E-state index in [0.717, 1.165) is 0 Å². The van der Waals surface area contributed by atoms with E-state index < -0.39 is 23.9 Å². The first-order valence-corrected chi connectivity index (χ1v) is 8.31. The van der Waals surface area contributed by atoms with Crippen LogP contribution in [0.15, 0.2) is 42.5 Å². The predicted octanol–water partition coefficient (Wildman–Crippen LogP) is 2.67. The van der Waals surface area contributed by atoms with E-state index in [9.17, 15) is 14.4 Å². The molecule has 8 nitrogen and oxygen atoms in total. The summed E-state index contributed by atoms with van der Waals surface area (Å²) in [4.78, 5) is 36.2. The molecule has 0 aliphatic carbocycles. The molecule has 0 heterocycles. The van der Waals surface area contributed by atoms with Gasteiger partial charge in [0.15, 0.2) is 6.10 Å². The lowest BCUT2D eigenvalue weighted by Gasteiger charge is -2.16. The third kappa shape index (κ3) is 5.00. The van der Waals surface area contributed by atoms with Crippen molar-refractivity contribution in [2.45, 2.75) is 13.0 Å². The summed E-state index contributed by atoms with van der Waals surface area (Å²) in [5, 5.41) is 2.59. The summed E-state index contributed by atoms with van der Waals surface area (Å²) >= 11 is 0. The zero-order valence-electron chi connectivity index (χ0n) is 16.0. The lowest BCUT2D eigenvalue weighted by molar-refractivity contribution is -0.122. The minimum atomic E-state index is -0.874. The highest BCUT2D eigenvalue weighted by Crippen LogP contribution is 2.22. The zero-order chi connectivity index (χ0) is 20.7. The fourth-order valence-corrected chi connectivity index (χ4v) is 2.33. The van der Waals surface area contributed by atoms with Gasteiger partial charge in [-0.05, 0) is 49.4 Å². The largest absolute Gasteiger partial charge is 0.497 e. The van der Waals surface area contributed by atoms with Gasteiger partial charge in [-0.25, -0.2) is 9.59 Å². The predicted molar refractivity (Wildman–Crippen MR) is 101 cm³/mol. The number of nitrogens with one attached hydrogen (secondary N) is 1. The Bertz CT molecular complexity index is 861. The van der Waals surface area contributed by atoms with Crippen LogP contribution in [0.3, 0.4) is 0 Å². The maximum absolute atomic E-state index is 12.5. The Balaban J connectivity index is 2.19. The number of methoxy groups -OCH3 is 3. The van der Waals surface area contributed by atoms with E-state index in [1.807, 2.05) is 0 Å². The Kier molecular flexibility index (Phi) is 6.97. The van der Waals surface area contributed by atoms with E-state index in [2.05, 4.69) is 10.1 Å². The van der Waals surface area contributed by atoms with Gasteiger partial charge >= 0.3 is 11.9 Å². The maximum atomic E-state index is 12.5. The first kappa shape index (κ1) is 20.8. The molecular formula is C20H21NO7. The molecule has 2 rings (SSSR count). The molecular weight excluding hydrogens is 366 g/mol. The van der Waals surface area contributed by atoms with Crippen LogP contribution in [0.1, 0.15) is 27.6 Å². The molecule has 0 fully saturated rings. The van der Waals surface area contributed by atoms with Gasteiger partial charge in [-0.15, -0.1) is 0 Å². The number of hydrogen-bond donors (Lipinski definition) is 1. The number of carbonyl (C=O) groups is 3. The first-order chi connectivity index (χ1) is 13.4. The normalized spacial score (nSPS) is 11.1. The third-order valence-corrected chi connectivity index (χ3v) is 3.85. The van der Waals surface area contributed by atoms with Gasteiger partial charge in [-0.1, -0.05) is 0 Å². The second-order valence-electron chi connectivity index (χ2n) is 5.67. The molecule has 148 valence electrons. The molecule has 8 heteroatoms. The molecule has 1 N–H and O–H groups in total. The van der Waals surface area contributed by atoms with Gasteiger partial charge < -0.3 is 24.3 Å². The van der Waals surface area contributed by atoms with E-state index in [-0.39, 0.29) is 16.8 Å². The summed E-state index contributed by atoms with van der Waals surface area (Å²) in [7, 11) is 4.00. The van der Waals surface area contributed by atoms with Crippen molar-refractivity contribution in [3.8, 4) is 11.5 Å². The fourth-order valence-electron chi connectivity index (χ4n) is 2.33. The standard InChI is InChI=1S/C20H21NO7/c1-12(28-15-8-6-14(25-2)7-9-15)18(22)21-17-11-13(19(23)26-3)5-10-16(17)20(24)27-4/h5-12H,1-4H3,(H,21,22). The third-order valence-electron chi connectivity index (χ3n) is 3.85. The van der Waals surface area contributed by atoms with Crippen LogP contribution in [0.2, 0.25) is 0 Å². The zero-order valence-corrected chi connectivity index (χ0v) is 16.0. The quantitative estimate of drug-likeness (QED) is 0.729. The topological polar surface area (TPSA) is 100 Å². The molecule has 0 aliphatic rings. The average molecular weight is 387 g/mol. The molecule has 0 radical (unpaired) electrons. The van der Waals surface area contributed by atoms with Crippen LogP contribution in [0.5, 0.6) is 11.5 Å². The van der Waals surface area contributed by atoms with Crippen LogP contribution in [0.4, 0.5) is 5.69 Å². The van der Waals surface area contributed by atoms with Crippen molar-refractivity contribution in [2.24, 2.45) is 0 Å². The summed E-state index contributed by atoms with van der Waals surface area (Å²) in [6.07, 6.45) is -0.874. The number of amides is 1. The summed E-state index contributed by atoms with van der Waals surface area (Å²) < 4.78 is 20.0. The highest BCUT2D eigenvalue weighted by Gasteiger charge is 2.21. The lowest BCUT2D eigenvalue weighted by Crippen LogP contribution is -2.31. The van der Waals surface area contributed by atoms with Crippen molar-refractivity contribution in [3.05, 3.63) is 53.6 Å². The molecule has 0 bridgehead atoms. The second-order valence-corrected chi connectivity index (χ2v) is 5.67. The molecule has 0 spiro atoms. The lowest BCUT2D eigenvalue weighted by atomic mass is 10.1. The van der Waals surface area contributed by atoms with E-state index in [1.54, 1.807) is 38.3 Å². The number of esters is 2. The van der Waals surface area contributed by atoms with Gasteiger partial charge in [0.25, 0.3) is 5.91 Å². The van der Waals surface area contributed by atoms with Crippen LogP contribution in [-0.2, 0) is 14.3 Å². The summed E-state index contributed by atoms with van der Waals surface area (Å²) in [6.45, 7) is 1.56. The second kappa shape index (κ2) is 9.40. The summed E-state index contributed by atoms with van der Waals surface area (Å²) in [5.41, 5.74) is 0.388. The van der Waals surface area contributed by atoms with Crippen molar-refractivity contribution >= 4 is 23.5 Å². The van der Waals surface area contributed by atoms with Gasteiger partial charge in [0.05, 0.1) is 38.1 Å². The Morgan fingerprint density at radius 3 is 2.04 bits per heavy atom. The van der Waals surface area contributed by atoms with Crippen molar-refractivity contribution in [2.75, 3.05) is 26.6 Å². The van der Waals surface area contributed by atoms with Crippen LogP contribution in [-0.4, -0.2) is 45.3 Å². The fraction of sp³-hybridized carbons (Fsp3) is 0.250. The van der Waals surface area contributed by atoms with E-state index >= 15 is 0 Å². The number of anilines is 1. The van der Waals surface area contributed by atoms with Crippen molar-refractivity contribution < 1.29 is 33.3 Å². The van der Waals surface area contributed by atoms with Crippen LogP contribution in [0.25, 0.3) is 0 Å². The van der Waals surface area contributed by atoms with Crippen molar-refractivity contribution in [3.63, 3.8) is 0 Å². The molecule has 0 saturated heterocycles. The summed E-state index contributed by atoms with van der Waals surface area (Å²) in [5.74, 6) is -0.639. The van der Waals surface area contributed by atoms with Crippen LogP contribution >= 0.6 is 0 Å². The number of ether oxygens (including phenoxy) is 4. The highest BCUT2D eigenvalue weighted by atomic mass is 16.5. The molecule has 1 amide bonds. The maximum Gasteiger partial charge on any atom is 0.339 e. The minimum absolute atomic E-state index is 0.0974. The van der Waals surface area contributed by atoms with E-state index in [4.69, 9.17) is 14.2 Å². The highest BCUT2D eigenvalue weighted by molar-refractivity contribution is 6.04. The molecule has 0 aromatic heterocycles. The van der Waals surface area contributed by atoms with Crippen LogP contribution in [0, 0.1) is 0 Å². The molecule has 1 unspecified atom stereocenters. The first-order valence-electron chi connectivity index (χ1n) is 8.31. The molecule has 1 atom stereocenters. The number of rotatable bonds is 7. The van der Waals surface area contributed by atoms with Gasteiger partial charge in [0.2, 0.25) is 0 Å². The SMILES string of the molecule is COC(=O)c1ccc(C(=O)OC)c(NC(=O)C(C)Oc2ccc(OC)cc2)c1. The Hall–Kier alpha value is -3.55. The van der Waals surface area contributed by atoms with Gasteiger partial charge in [0.1, 0.15) is 11.5 Å².